The van der Waals surface area contributed by atoms with E-state index < -0.39 is 9.84 Å². The third kappa shape index (κ3) is 4.50. The van der Waals surface area contributed by atoms with Gasteiger partial charge in [-0.2, -0.15) is 0 Å². The van der Waals surface area contributed by atoms with Gasteiger partial charge in [-0.15, -0.1) is 0 Å². The molecule has 24 heavy (non-hydrogen) atoms. The SMILES string of the molecule is CCN(C(=O)CCNc1c(C)cc(C)cc1C)C1CCS(=O)(=O)C1. The molecule has 5 nitrogen and oxygen atoms in total. The van der Waals surface area contributed by atoms with E-state index in [1.807, 2.05) is 6.92 Å². The lowest BCUT2D eigenvalue weighted by Crippen LogP contribution is -2.41. The van der Waals surface area contributed by atoms with Crippen molar-refractivity contribution in [3.8, 4) is 0 Å². The molecule has 6 heteroatoms. The fourth-order valence-electron chi connectivity index (χ4n) is 3.56. The smallest absolute Gasteiger partial charge is 0.224 e. The van der Waals surface area contributed by atoms with Crippen LogP contribution >= 0.6 is 0 Å². The molecule has 1 amide bonds. The molecule has 0 aliphatic carbocycles. The normalized spacial score (nSPS) is 19.2. The number of aryl methyl sites for hydroxylation is 3. The maximum atomic E-state index is 12.5. The van der Waals surface area contributed by atoms with E-state index in [1.165, 1.54) is 16.7 Å². The molecule has 0 aromatic heterocycles. The van der Waals surface area contributed by atoms with Crippen molar-refractivity contribution < 1.29 is 13.2 Å². The molecule has 1 aliphatic rings. The molecular formula is C18H28N2O3S. The van der Waals surface area contributed by atoms with E-state index in [2.05, 4.69) is 38.2 Å². The maximum Gasteiger partial charge on any atom is 0.224 e. The largest absolute Gasteiger partial charge is 0.384 e. The second-order valence-electron chi connectivity index (χ2n) is 6.69. The first-order chi connectivity index (χ1) is 11.2. The summed E-state index contributed by atoms with van der Waals surface area (Å²) in [5, 5.41) is 3.36. The molecule has 1 unspecified atom stereocenters. The summed E-state index contributed by atoms with van der Waals surface area (Å²) in [4.78, 5) is 14.2. The first-order valence-electron chi connectivity index (χ1n) is 8.55. The average molecular weight is 353 g/mol. The van der Waals surface area contributed by atoms with Gasteiger partial charge in [0.2, 0.25) is 5.91 Å². The molecule has 0 bridgehead atoms. The Morgan fingerprint density at radius 3 is 2.38 bits per heavy atom. The number of carbonyl (C=O) groups excluding carboxylic acids is 1. The molecule has 1 aromatic rings. The Labute approximate surface area is 145 Å². The molecular weight excluding hydrogens is 324 g/mol. The minimum atomic E-state index is -2.97. The Morgan fingerprint density at radius 2 is 1.88 bits per heavy atom. The van der Waals surface area contributed by atoms with Gasteiger partial charge in [0, 0.05) is 31.2 Å². The number of benzene rings is 1. The lowest BCUT2D eigenvalue weighted by Gasteiger charge is -2.27. The highest BCUT2D eigenvalue weighted by Gasteiger charge is 2.33. The van der Waals surface area contributed by atoms with E-state index in [4.69, 9.17) is 0 Å². The van der Waals surface area contributed by atoms with Gasteiger partial charge in [0.1, 0.15) is 0 Å². The second-order valence-corrected chi connectivity index (χ2v) is 8.92. The van der Waals surface area contributed by atoms with Crippen LogP contribution in [0.15, 0.2) is 12.1 Å². The molecule has 2 rings (SSSR count). The van der Waals surface area contributed by atoms with Crippen molar-refractivity contribution >= 4 is 21.4 Å². The summed E-state index contributed by atoms with van der Waals surface area (Å²) in [6, 6.07) is 4.09. The molecule has 0 spiro atoms. The van der Waals surface area contributed by atoms with E-state index in [-0.39, 0.29) is 23.5 Å². The van der Waals surface area contributed by atoms with Gasteiger partial charge in [-0.25, -0.2) is 8.42 Å². The zero-order valence-electron chi connectivity index (χ0n) is 15.1. The van der Waals surface area contributed by atoms with Crippen molar-refractivity contribution in [1.82, 2.24) is 4.90 Å². The van der Waals surface area contributed by atoms with Gasteiger partial charge in [-0.1, -0.05) is 17.7 Å². The number of anilines is 1. The van der Waals surface area contributed by atoms with Crippen LogP contribution in [0.1, 0.15) is 36.5 Å². The van der Waals surface area contributed by atoms with Crippen LogP contribution in [0.2, 0.25) is 0 Å². The molecule has 0 radical (unpaired) electrons. The molecule has 1 N–H and O–H groups in total. The summed E-state index contributed by atoms with van der Waals surface area (Å²) >= 11 is 0. The Hall–Kier alpha value is -1.56. The number of amides is 1. The lowest BCUT2D eigenvalue weighted by molar-refractivity contribution is -0.132. The minimum Gasteiger partial charge on any atom is -0.384 e. The predicted octanol–water partition coefficient (Wildman–Crippen LogP) is 2.45. The van der Waals surface area contributed by atoms with Crippen LogP contribution in [-0.4, -0.2) is 49.9 Å². The van der Waals surface area contributed by atoms with E-state index in [0.29, 0.717) is 25.9 Å². The fourth-order valence-corrected chi connectivity index (χ4v) is 5.29. The highest BCUT2D eigenvalue weighted by Crippen LogP contribution is 2.22. The van der Waals surface area contributed by atoms with Gasteiger partial charge in [-0.05, 0) is 45.2 Å². The molecule has 1 heterocycles. The van der Waals surface area contributed by atoms with Gasteiger partial charge in [0.15, 0.2) is 9.84 Å². The van der Waals surface area contributed by atoms with Crippen LogP contribution in [0, 0.1) is 20.8 Å². The van der Waals surface area contributed by atoms with Crippen molar-refractivity contribution in [1.29, 1.82) is 0 Å². The summed E-state index contributed by atoms with van der Waals surface area (Å²) < 4.78 is 23.3. The number of hydrogen-bond donors (Lipinski definition) is 1. The van der Waals surface area contributed by atoms with Crippen LogP contribution in [0.4, 0.5) is 5.69 Å². The van der Waals surface area contributed by atoms with E-state index in [0.717, 1.165) is 5.69 Å². The number of nitrogens with one attached hydrogen (secondary N) is 1. The molecule has 0 saturated carbocycles. The predicted molar refractivity (Wildman–Crippen MR) is 98.2 cm³/mol. The summed E-state index contributed by atoms with van der Waals surface area (Å²) in [5.41, 5.74) is 4.66. The average Bonchev–Trinajstić information content (AvgIpc) is 2.82. The molecule has 1 aliphatic heterocycles. The third-order valence-electron chi connectivity index (χ3n) is 4.63. The standard InChI is InChI=1S/C18H28N2O3S/c1-5-20(16-7-9-24(22,23)12-16)17(21)6-8-19-18-14(3)10-13(2)11-15(18)4/h10-11,16,19H,5-9,12H2,1-4H3. The van der Waals surface area contributed by atoms with Gasteiger partial charge in [0.05, 0.1) is 11.5 Å². The van der Waals surface area contributed by atoms with Crippen LogP contribution in [0.5, 0.6) is 0 Å². The topological polar surface area (TPSA) is 66.5 Å². The van der Waals surface area contributed by atoms with Gasteiger partial charge < -0.3 is 10.2 Å². The first kappa shape index (κ1) is 18.8. The fraction of sp³-hybridized carbons (Fsp3) is 0.611. The zero-order valence-corrected chi connectivity index (χ0v) is 15.9. The monoisotopic (exact) mass is 352 g/mol. The van der Waals surface area contributed by atoms with Crippen molar-refractivity contribution in [2.45, 2.75) is 46.6 Å². The van der Waals surface area contributed by atoms with Crippen molar-refractivity contribution in [3.05, 3.63) is 28.8 Å². The molecule has 1 fully saturated rings. The third-order valence-corrected chi connectivity index (χ3v) is 6.38. The summed E-state index contributed by atoms with van der Waals surface area (Å²) in [5.74, 6) is 0.326. The van der Waals surface area contributed by atoms with Crippen molar-refractivity contribution in [3.63, 3.8) is 0 Å². The zero-order chi connectivity index (χ0) is 17.9. The Kier molecular flexibility index (Phi) is 5.91. The Bertz CT molecular complexity index is 690. The van der Waals surface area contributed by atoms with Crippen LogP contribution in [-0.2, 0) is 14.6 Å². The van der Waals surface area contributed by atoms with Crippen molar-refractivity contribution in [2.75, 3.05) is 29.9 Å². The van der Waals surface area contributed by atoms with Crippen LogP contribution in [0.3, 0.4) is 0 Å². The summed E-state index contributed by atoms with van der Waals surface area (Å²) in [6.45, 7) is 9.21. The van der Waals surface area contributed by atoms with Gasteiger partial charge >= 0.3 is 0 Å². The molecule has 1 saturated heterocycles. The van der Waals surface area contributed by atoms with Crippen LogP contribution < -0.4 is 5.32 Å². The molecule has 134 valence electrons. The highest BCUT2D eigenvalue weighted by molar-refractivity contribution is 7.91. The minimum absolute atomic E-state index is 0.0227. The van der Waals surface area contributed by atoms with E-state index >= 15 is 0 Å². The number of sulfone groups is 1. The van der Waals surface area contributed by atoms with E-state index in [9.17, 15) is 13.2 Å². The van der Waals surface area contributed by atoms with Gasteiger partial charge in [0.25, 0.3) is 0 Å². The Balaban J connectivity index is 1.93. The second kappa shape index (κ2) is 7.55. The van der Waals surface area contributed by atoms with Crippen molar-refractivity contribution in [2.24, 2.45) is 0 Å². The highest BCUT2D eigenvalue weighted by atomic mass is 32.2. The van der Waals surface area contributed by atoms with Gasteiger partial charge in [-0.3, -0.25) is 4.79 Å². The number of carbonyl (C=O) groups is 1. The summed E-state index contributed by atoms with van der Waals surface area (Å²) in [6.07, 6.45) is 0.933. The summed E-state index contributed by atoms with van der Waals surface area (Å²) in [7, 11) is -2.97. The maximum absolute atomic E-state index is 12.5. The number of nitrogens with zero attached hydrogens (tertiary/aromatic N) is 1. The molecule has 1 aromatic carbocycles. The van der Waals surface area contributed by atoms with E-state index in [1.54, 1.807) is 4.90 Å². The molecule has 1 atom stereocenters. The Morgan fingerprint density at radius 1 is 1.25 bits per heavy atom. The quantitative estimate of drug-likeness (QED) is 0.854. The number of hydrogen-bond acceptors (Lipinski definition) is 4. The van der Waals surface area contributed by atoms with Crippen LogP contribution in [0.25, 0.3) is 0 Å². The first-order valence-corrected chi connectivity index (χ1v) is 10.4. The lowest BCUT2D eigenvalue weighted by atomic mass is 10.1. The number of rotatable bonds is 6.